The van der Waals surface area contributed by atoms with Gasteiger partial charge in [0.1, 0.15) is 16.5 Å². The molecule has 1 heterocycles. The topological polar surface area (TPSA) is 57.7 Å². The average Bonchev–Trinajstić information content (AvgIpc) is 2.66. The van der Waals surface area contributed by atoms with Crippen LogP contribution in [0.15, 0.2) is 23.1 Å². The number of carbonyl (C=O) groups is 1. The Hall–Kier alpha value is -1.54. The number of piperazine rings is 1. The molecule has 0 radical (unpaired) electrons. The van der Waals surface area contributed by atoms with E-state index >= 15 is 0 Å². The normalized spacial score (nSPS) is 20.0. The summed E-state index contributed by atoms with van der Waals surface area (Å²) in [6.45, 7) is 0.833. The van der Waals surface area contributed by atoms with Crippen molar-refractivity contribution in [3.63, 3.8) is 0 Å². The average molecular weight is 400 g/mol. The number of amides is 1. The highest BCUT2D eigenvalue weighted by atomic mass is 32.2. The van der Waals surface area contributed by atoms with Gasteiger partial charge in [0, 0.05) is 38.7 Å². The Morgan fingerprint density at radius 1 is 1.04 bits per heavy atom. The Labute approximate surface area is 159 Å². The Morgan fingerprint density at radius 2 is 1.70 bits per heavy atom. The first-order valence-electron chi connectivity index (χ1n) is 9.61. The summed E-state index contributed by atoms with van der Waals surface area (Å²) in [4.78, 5) is 13.6. The molecular weight excluding hydrogens is 374 g/mol. The molecule has 27 heavy (non-hydrogen) atoms. The number of rotatable bonds is 5. The van der Waals surface area contributed by atoms with E-state index in [0.29, 0.717) is 31.5 Å². The van der Waals surface area contributed by atoms with E-state index in [0.717, 1.165) is 22.9 Å². The standard InChI is InChI=1S/C19H26F2N2O3S/c20-16-7-8-18(17(21)14-16)27(25,26)23-12-10-22(11-13-23)19(24)9-6-15-4-2-1-3-5-15/h7-8,14-15H,1-6,9-13H2. The molecule has 3 rings (SSSR count). The third-order valence-electron chi connectivity index (χ3n) is 5.59. The minimum absolute atomic E-state index is 0.0607. The fourth-order valence-corrected chi connectivity index (χ4v) is 5.43. The number of sulfonamides is 1. The van der Waals surface area contributed by atoms with Gasteiger partial charge in [-0.25, -0.2) is 17.2 Å². The number of carbonyl (C=O) groups excluding carboxylic acids is 1. The van der Waals surface area contributed by atoms with E-state index in [1.54, 1.807) is 4.90 Å². The van der Waals surface area contributed by atoms with Crippen molar-refractivity contribution in [1.29, 1.82) is 0 Å². The Bertz CT molecular complexity index is 771. The van der Waals surface area contributed by atoms with Gasteiger partial charge in [-0.05, 0) is 24.5 Å². The maximum atomic E-state index is 13.9. The summed E-state index contributed by atoms with van der Waals surface area (Å²) in [7, 11) is -4.03. The van der Waals surface area contributed by atoms with Crippen molar-refractivity contribution >= 4 is 15.9 Å². The van der Waals surface area contributed by atoms with E-state index in [2.05, 4.69) is 0 Å². The molecule has 1 aliphatic carbocycles. The van der Waals surface area contributed by atoms with Gasteiger partial charge in [0.25, 0.3) is 0 Å². The number of halogens is 2. The Kier molecular flexibility index (Phi) is 6.47. The van der Waals surface area contributed by atoms with Gasteiger partial charge >= 0.3 is 0 Å². The molecule has 1 aliphatic heterocycles. The quantitative estimate of drug-likeness (QED) is 0.763. The van der Waals surface area contributed by atoms with Crippen LogP contribution in [-0.2, 0) is 14.8 Å². The van der Waals surface area contributed by atoms with Gasteiger partial charge in [0.05, 0.1) is 0 Å². The molecule has 0 bridgehead atoms. The zero-order chi connectivity index (χ0) is 19.4. The lowest BCUT2D eigenvalue weighted by Gasteiger charge is -2.34. The molecule has 1 aromatic rings. The van der Waals surface area contributed by atoms with Gasteiger partial charge in [0.15, 0.2) is 0 Å². The molecule has 0 aromatic heterocycles. The fraction of sp³-hybridized carbons (Fsp3) is 0.632. The second kappa shape index (κ2) is 8.65. The largest absolute Gasteiger partial charge is 0.340 e. The van der Waals surface area contributed by atoms with E-state index in [1.165, 1.54) is 32.1 Å². The first-order chi connectivity index (χ1) is 12.9. The van der Waals surface area contributed by atoms with Crippen LogP contribution in [0.2, 0.25) is 0 Å². The molecule has 0 unspecified atom stereocenters. The second-order valence-corrected chi connectivity index (χ2v) is 9.31. The number of benzene rings is 1. The molecule has 1 amide bonds. The molecule has 1 saturated carbocycles. The highest BCUT2D eigenvalue weighted by molar-refractivity contribution is 7.89. The molecule has 0 atom stereocenters. The summed E-state index contributed by atoms with van der Waals surface area (Å²) in [6, 6.07) is 2.45. The van der Waals surface area contributed by atoms with Crippen LogP contribution in [0.1, 0.15) is 44.9 Å². The van der Waals surface area contributed by atoms with Crippen molar-refractivity contribution in [2.45, 2.75) is 49.8 Å². The molecule has 1 saturated heterocycles. The monoisotopic (exact) mass is 400 g/mol. The first kappa shape index (κ1) is 20.2. The molecule has 150 valence electrons. The van der Waals surface area contributed by atoms with Crippen molar-refractivity contribution in [2.24, 2.45) is 5.92 Å². The minimum Gasteiger partial charge on any atom is -0.340 e. The summed E-state index contributed by atoms with van der Waals surface area (Å²) >= 11 is 0. The molecule has 8 heteroatoms. The van der Waals surface area contributed by atoms with Gasteiger partial charge in [-0.3, -0.25) is 4.79 Å². The van der Waals surface area contributed by atoms with E-state index < -0.39 is 26.6 Å². The smallest absolute Gasteiger partial charge is 0.246 e. The van der Waals surface area contributed by atoms with Crippen LogP contribution in [0, 0.1) is 17.6 Å². The predicted molar refractivity (Wildman–Crippen MR) is 97.5 cm³/mol. The minimum atomic E-state index is -4.03. The fourth-order valence-electron chi connectivity index (χ4n) is 3.96. The van der Waals surface area contributed by atoms with E-state index in [9.17, 15) is 22.0 Å². The lowest BCUT2D eigenvalue weighted by atomic mass is 9.86. The maximum absolute atomic E-state index is 13.9. The SMILES string of the molecule is O=C(CCC1CCCCC1)N1CCN(S(=O)(=O)c2ccc(F)cc2F)CC1. The van der Waals surface area contributed by atoms with Crippen LogP contribution in [0.5, 0.6) is 0 Å². The van der Waals surface area contributed by atoms with Crippen LogP contribution in [0.25, 0.3) is 0 Å². The molecule has 0 spiro atoms. The molecule has 1 aromatic carbocycles. The third kappa shape index (κ3) is 4.85. The summed E-state index contributed by atoms with van der Waals surface area (Å²) < 4.78 is 53.2. The number of nitrogens with zero attached hydrogens (tertiary/aromatic N) is 2. The van der Waals surface area contributed by atoms with Crippen LogP contribution >= 0.6 is 0 Å². The van der Waals surface area contributed by atoms with Crippen molar-refractivity contribution in [3.8, 4) is 0 Å². The van der Waals surface area contributed by atoms with Crippen molar-refractivity contribution < 1.29 is 22.0 Å². The van der Waals surface area contributed by atoms with Gasteiger partial charge in [-0.2, -0.15) is 4.31 Å². The molecule has 0 N–H and O–H groups in total. The first-order valence-corrected chi connectivity index (χ1v) is 11.0. The highest BCUT2D eigenvalue weighted by Crippen LogP contribution is 2.28. The lowest BCUT2D eigenvalue weighted by Crippen LogP contribution is -2.50. The zero-order valence-electron chi connectivity index (χ0n) is 15.4. The lowest BCUT2D eigenvalue weighted by molar-refractivity contribution is -0.132. The number of hydrogen-bond acceptors (Lipinski definition) is 3. The van der Waals surface area contributed by atoms with Crippen molar-refractivity contribution in [1.82, 2.24) is 9.21 Å². The summed E-state index contributed by atoms with van der Waals surface area (Å²) in [5.41, 5.74) is 0. The van der Waals surface area contributed by atoms with Crippen LogP contribution < -0.4 is 0 Å². The van der Waals surface area contributed by atoms with Crippen LogP contribution in [0.3, 0.4) is 0 Å². The summed E-state index contributed by atoms with van der Waals surface area (Å²) in [5, 5.41) is 0. The molecule has 2 fully saturated rings. The van der Waals surface area contributed by atoms with E-state index in [4.69, 9.17) is 0 Å². The maximum Gasteiger partial charge on any atom is 0.246 e. The van der Waals surface area contributed by atoms with Crippen molar-refractivity contribution in [3.05, 3.63) is 29.8 Å². The van der Waals surface area contributed by atoms with Gasteiger partial charge < -0.3 is 4.90 Å². The second-order valence-electron chi connectivity index (χ2n) is 7.40. The summed E-state index contributed by atoms with van der Waals surface area (Å²) in [6.07, 6.45) is 7.58. The third-order valence-corrected chi connectivity index (χ3v) is 7.53. The van der Waals surface area contributed by atoms with Gasteiger partial charge in [0.2, 0.25) is 15.9 Å². The van der Waals surface area contributed by atoms with E-state index in [-0.39, 0.29) is 19.0 Å². The summed E-state index contributed by atoms with van der Waals surface area (Å²) in [5.74, 6) is -1.22. The van der Waals surface area contributed by atoms with Crippen LogP contribution in [-0.4, -0.2) is 49.7 Å². The van der Waals surface area contributed by atoms with Crippen molar-refractivity contribution in [2.75, 3.05) is 26.2 Å². The highest BCUT2D eigenvalue weighted by Gasteiger charge is 2.32. The molecule has 5 nitrogen and oxygen atoms in total. The molecule has 2 aliphatic rings. The zero-order valence-corrected chi connectivity index (χ0v) is 16.2. The van der Waals surface area contributed by atoms with Gasteiger partial charge in [-0.15, -0.1) is 0 Å². The predicted octanol–water partition coefficient (Wildman–Crippen LogP) is 3.16. The van der Waals surface area contributed by atoms with E-state index in [1.807, 2.05) is 0 Å². The Morgan fingerprint density at radius 3 is 2.33 bits per heavy atom. The van der Waals surface area contributed by atoms with Crippen LogP contribution in [0.4, 0.5) is 8.78 Å². The Balaban J connectivity index is 1.53. The molecular formula is C19H26F2N2O3S. The number of hydrogen-bond donors (Lipinski definition) is 0. The van der Waals surface area contributed by atoms with Gasteiger partial charge in [-0.1, -0.05) is 32.1 Å².